The fourth-order valence-electron chi connectivity index (χ4n) is 2.65. The van der Waals surface area contributed by atoms with E-state index in [1.54, 1.807) is 34.6 Å². The number of nitrogens with one attached hydrogen (secondary N) is 2. The number of benzene rings is 1. The summed E-state index contributed by atoms with van der Waals surface area (Å²) in [5.74, 6) is -0.245. The average Bonchev–Trinajstić information content (AvgIpc) is 3.42. The minimum Gasteiger partial charge on any atom is -0.342 e. The number of hydrogen-bond acceptors (Lipinski definition) is 5. The van der Waals surface area contributed by atoms with Crippen molar-refractivity contribution in [3.8, 4) is 10.6 Å². The quantitative estimate of drug-likeness (QED) is 0.551. The van der Waals surface area contributed by atoms with Gasteiger partial charge in [0.25, 0.3) is 5.91 Å². The van der Waals surface area contributed by atoms with Crippen LogP contribution in [0.2, 0.25) is 0 Å². The zero-order valence-electron chi connectivity index (χ0n) is 13.7. The lowest BCUT2D eigenvalue weighted by molar-refractivity contribution is 0.0925. The molecule has 130 valence electrons. The van der Waals surface area contributed by atoms with Crippen LogP contribution in [0.15, 0.2) is 66.3 Å². The first-order valence-corrected chi connectivity index (χ1v) is 8.97. The van der Waals surface area contributed by atoms with E-state index in [2.05, 4.69) is 25.7 Å². The van der Waals surface area contributed by atoms with Crippen LogP contribution in [0.3, 0.4) is 0 Å². The molecule has 1 atom stereocenters. The largest absolute Gasteiger partial charge is 0.342 e. The summed E-state index contributed by atoms with van der Waals surface area (Å²) in [7, 11) is 0. The molecule has 0 aliphatic carbocycles. The first-order chi connectivity index (χ1) is 12.8. The third-order valence-corrected chi connectivity index (χ3v) is 4.82. The van der Waals surface area contributed by atoms with Crippen LogP contribution in [0, 0.1) is 0 Å². The van der Waals surface area contributed by atoms with Crippen molar-refractivity contribution in [1.82, 2.24) is 30.5 Å². The minimum atomic E-state index is -0.266. The summed E-state index contributed by atoms with van der Waals surface area (Å²) in [4.78, 5) is 15.3. The highest BCUT2D eigenvalue weighted by atomic mass is 32.1. The molecule has 4 rings (SSSR count). The fraction of sp³-hybridized carbons (Fsp3) is 0.111. The van der Waals surface area contributed by atoms with Gasteiger partial charge in [-0.3, -0.25) is 9.89 Å². The Morgan fingerprint density at radius 3 is 2.69 bits per heavy atom. The normalized spacial score (nSPS) is 12.0. The molecular weight excluding hydrogens is 348 g/mol. The summed E-state index contributed by atoms with van der Waals surface area (Å²) in [6.45, 7) is 0.435. The molecule has 0 aliphatic heterocycles. The summed E-state index contributed by atoms with van der Waals surface area (Å²) in [5.41, 5.74) is 2.16. The molecule has 3 aromatic heterocycles. The van der Waals surface area contributed by atoms with Crippen molar-refractivity contribution in [2.24, 2.45) is 0 Å². The third kappa shape index (κ3) is 3.55. The number of nitrogens with zero attached hydrogens (tertiary/aromatic N) is 4. The number of thiophene rings is 1. The molecule has 0 radical (unpaired) electrons. The molecule has 1 aromatic carbocycles. The van der Waals surface area contributed by atoms with Gasteiger partial charge in [0.15, 0.2) is 5.69 Å². The first kappa shape index (κ1) is 16.2. The molecule has 2 N–H and O–H groups in total. The number of carbonyl (C=O) groups is 1. The number of rotatable bonds is 6. The Hall–Kier alpha value is -3.26. The van der Waals surface area contributed by atoms with Crippen molar-refractivity contribution in [2.75, 3.05) is 0 Å². The van der Waals surface area contributed by atoms with Gasteiger partial charge < -0.3 is 5.32 Å². The number of carbonyl (C=O) groups excluding carboxylic acids is 1. The molecular formula is C18H16N6OS. The second-order valence-electron chi connectivity index (χ2n) is 5.66. The summed E-state index contributed by atoms with van der Waals surface area (Å²) in [6.07, 6.45) is 3.23. The van der Waals surface area contributed by atoms with Gasteiger partial charge in [-0.15, -0.1) is 11.3 Å². The topological polar surface area (TPSA) is 88.5 Å². The molecule has 1 amide bonds. The summed E-state index contributed by atoms with van der Waals surface area (Å²) in [6, 6.07) is 15.2. The maximum absolute atomic E-state index is 12.7. The lowest BCUT2D eigenvalue weighted by atomic mass is 10.1. The minimum absolute atomic E-state index is 0.245. The predicted octanol–water partition coefficient (Wildman–Crippen LogP) is 2.90. The molecule has 0 spiro atoms. The number of aromatic nitrogens is 5. The highest BCUT2D eigenvalue weighted by molar-refractivity contribution is 7.13. The second-order valence-corrected chi connectivity index (χ2v) is 6.61. The van der Waals surface area contributed by atoms with E-state index >= 15 is 0 Å². The number of aromatic amines is 1. The Morgan fingerprint density at radius 1 is 1.15 bits per heavy atom. The van der Waals surface area contributed by atoms with Gasteiger partial charge in [0, 0.05) is 0 Å². The van der Waals surface area contributed by atoms with Gasteiger partial charge in [-0.1, -0.05) is 36.4 Å². The molecule has 3 heterocycles. The van der Waals surface area contributed by atoms with Crippen LogP contribution in [0.25, 0.3) is 10.6 Å². The van der Waals surface area contributed by atoms with Crippen molar-refractivity contribution >= 4 is 17.2 Å². The van der Waals surface area contributed by atoms with Gasteiger partial charge in [0.05, 0.1) is 35.6 Å². The number of amides is 1. The Labute approximate surface area is 153 Å². The Bertz CT molecular complexity index is 962. The highest BCUT2D eigenvalue weighted by Crippen LogP contribution is 2.23. The second kappa shape index (κ2) is 7.32. The van der Waals surface area contributed by atoms with Crippen LogP contribution >= 0.6 is 11.3 Å². The molecule has 0 aliphatic rings. The molecule has 0 fully saturated rings. The molecule has 0 saturated carbocycles. The Morgan fingerprint density at radius 2 is 1.96 bits per heavy atom. The van der Waals surface area contributed by atoms with E-state index in [9.17, 15) is 4.79 Å². The summed E-state index contributed by atoms with van der Waals surface area (Å²) in [5, 5.41) is 20.3. The number of H-pyrrole nitrogens is 1. The maximum Gasteiger partial charge on any atom is 0.272 e. The van der Waals surface area contributed by atoms with Crippen molar-refractivity contribution < 1.29 is 4.79 Å². The van der Waals surface area contributed by atoms with Gasteiger partial charge >= 0.3 is 0 Å². The first-order valence-electron chi connectivity index (χ1n) is 8.09. The standard InChI is InChI=1S/C18H16N6OS/c25-18(15-11-14(22-23-15)17-7-4-10-26-17)21-16(12-24-19-8-9-20-24)13-5-2-1-3-6-13/h1-11,16H,12H2,(H,21,25)(H,22,23)/t16-/m1/s1. The van der Waals surface area contributed by atoms with Crippen LogP contribution in [0.5, 0.6) is 0 Å². The van der Waals surface area contributed by atoms with E-state index in [4.69, 9.17) is 0 Å². The zero-order chi connectivity index (χ0) is 17.8. The van der Waals surface area contributed by atoms with E-state index in [0.717, 1.165) is 16.1 Å². The van der Waals surface area contributed by atoms with Crippen molar-refractivity contribution in [2.45, 2.75) is 12.6 Å². The Kier molecular flexibility index (Phi) is 4.57. The third-order valence-electron chi connectivity index (χ3n) is 3.92. The van der Waals surface area contributed by atoms with Crippen molar-refractivity contribution in [3.05, 3.63) is 77.6 Å². The van der Waals surface area contributed by atoms with E-state index in [0.29, 0.717) is 12.2 Å². The van der Waals surface area contributed by atoms with Crippen molar-refractivity contribution in [1.29, 1.82) is 0 Å². The Balaban J connectivity index is 1.54. The predicted molar refractivity (Wildman–Crippen MR) is 98.6 cm³/mol. The van der Waals surface area contributed by atoms with Gasteiger partial charge in [0.1, 0.15) is 0 Å². The van der Waals surface area contributed by atoms with Gasteiger partial charge in [-0.25, -0.2) is 0 Å². The molecule has 26 heavy (non-hydrogen) atoms. The summed E-state index contributed by atoms with van der Waals surface area (Å²) >= 11 is 1.59. The highest BCUT2D eigenvalue weighted by Gasteiger charge is 2.19. The van der Waals surface area contributed by atoms with Crippen LogP contribution in [-0.2, 0) is 6.54 Å². The van der Waals surface area contributed by atoms with E-state index < -0.39 is 0 Å². The van der Waals surface area contributed by atoms with Crippen LogP contribution < -0.4 is 5.32 Å². The lowest BCUT2D eigenvalue weighted by Gasteiger charge is -2.18. The van der Waals surface area contributed by atoms with Gasteiger partial charge in [0.2, 0.25) is 0 Å². The van der Waals surface area contributed by atoms with E-state index in [1.165, 1.54) is 0 Å². The zero-order valence-corrected chi connectivity index (χ0v) is 14.6. The lowest BCUT2D eigenvalue weighted by Crippen LogP contribution is -2.32. The SMILES string of the molecule is O=C(N[C@H](Cn1nccn1)c1ccccc1)c1cc(-c2cccs2)[nH]n1. The van der Waals surface area contributed by atoms with E-state index in [-0.39, 0.29) is 11.9 Å². The molecule has 8 heteroatoms. The van der Waals surface area contributed by atoms with Gasteiger partial charge in [-0.05, 0) is 23.1 Å². The molecule has 0 unspecified atom stereocenters. The molecule has 0 saturated heterocycles. The molecule has 4 aromatic rings. The van der Waals surface area contributed by atoms with Crippen molar-refractivity contribution in [3.63, 3.8) is 0 Å². The monoisotopic (exact) mass is 364 g/mol. The van der Waals surface area contributed by atoms with E-state index in [1.807, 2.05) is 47.8 Å². The van der Waals surface area contributed by atoms with Crippen LogP contribution in [-0.4, -0.2) is 31.1 Å². The van der Waals surface area contributed by atoms with Gasteiger partial charge in [-0.2, -0.15) is 20.1 Å². The van der Waals surface area contributed by atoms with Crippen LogP contribution in [0.4, 0.5) is 0 Å². The molecule has 0 bridgehead atoms. The maximum atomic E-state index is 12.7. The fourth-order valence-corrected chi connectivity index (χ4v) is 3.34. The smallest absolute Gasteiger partial charge is 0.272 e. The van der Waals surface area contributed by atoms with Crippen LogP contribution in [0.1, 0.15) is 22.1 Å². The average molecular weight is 364 g/mol. The number of hydrogen-bond donors (Lipinski definition) is 2. The molecule has 7 nitrogen and oxygen atoms in total. The summed E-state index contributed by atoms with van der Waals surface area (Å²) < 4.78 is 0.